The number of H-pyrrole nitrogens is 1. The highest BCUT2D eigenvalue weighted by atomic mass is 16.5. The van der Waals surface area contributed by atoms with E-state index < -0.39 is 11.5 Å². The first kappa shape index (κ1) is 12.6. The molecule has 7 nitrogen and oxygen atoms in total. The van der Waals surface area contributed by atoms with E-state index in [1.54, 1.807) is 31.4 Å². The summed E-state index contributed by atoms with van der Waals surface area (Å²) in [5.41, 5.74) is -0.421. The maximum atomic E-state index is 11.2. The molecule has 7 heteroatoms. The van der Waals surface area contributed by atoms with Crippen molar-refractivity contribution in [3.8, 4) is 5.75 Å². The smallest absolute Gasteiger partial charge is 0.341 e. The Morgan fingerprint density at radius 2 is 2.05 bits per heavy atom. The second-order valence-electron chi connectivity index (χ2n) is 3.65. The summed E-state index contributed by atoms with van der Waals surface area (Å²) in [7, 11) is 1.56. The summed E-state index contributed by atoms with van der Waals surface area (Å²) in [5.74, 6) is -0.366. The van der Waals surface area contributed by atoms with Crippen LogP contribution in [-0.2, 0) is 0 Å². The second kappa shape index (κ2) is 5.21. The van der Waals surface area contributed by atoms with Crippen LogP contribution in [0.25, 0.3) is 0 Å². The number of carboxylic acids is 1. The van der Waals surface area contributed by atoms with Gasteiger partial charge < -0.3 is 15.2 Å². The van der Waals surface area contributed by atoms with Crippen molar-refractivity contribution in [1.82, 2.24) is 10.2 Å². The monoisotopic (exact) mass is 261 g/mol. The molecule has 0 aliphatic rings. The zero-order valence-electron chi connectivity index (χ0n) is 10.0. The number of methoxy groups -OCH3 is 1. The van der Waals surface area contributed by atoms with Crippen molar-refractivity contribution >= 4 is 17.5 Å². The molecular weight excluding hydrogens is 250 g/mol. The minimum atomic E-state index is -1.30. The van der Waals surface area contributed by atoms with Crippen molar-refractivity contribution in [3.05, 3.63) is 46.2 Å². The number of anilines is 2. The molecule has 0 fully saturated rings. The van der Waals surface area contributed by atoms with Crippen LogP contribution in [0.4, 0.5) is 11.5 Å². The number of rotatable bonds is 4. The van der Waals surface area contributed by atoms with E-state index in [1.807, 2.05) is 0 Å². The van der Waals surface area contributed by atoms with E-state index in [-0.39, 0.29) is 11.4 Å². The SMILES string of the molecule is COc1ccc(Nc2cc(C(=O)O)c(=O)[nH]n2)cc1. The van der Waals surface area contributed by atoms with Crippen LogP contribution in [0, 0.1) is 0 Å². The van der Waals surface area contributed by atoms with Gasteiger partial charge in [-0.15, -0.1) is 0 Å². The molecule has 0 aliphatic heterocycles. The van der Waals surface area contributed by atoms with E-state index in [4.69, 9.17) is 9.84 Å². The third-order valence-electron chi connectivity index (χ3n) is 2.40. The minimum absolute atomic E-state index is 0.238. The number of benzene rings is 1. The molecule has 1 aromatic heterocycles. The number of ether oxygens (including phenoxy) is 1. The van der Waals surface area contributed by atoms with E-state index >= 15 is 0 Å². The Morgan fingerprint density at radius 1 is 1.37 bits per heavy atom. The molecule has 0 bridgehead atoms. The molecule has 2 rings (SSSR count). The summed E-state index contributed by atoms with van der Waals surface area (Å²) in [6, 6.07) is 8.14. The Kier molecular flexibility index (Phi) is 3.46. The van der Waals surface area contributed by atoms with Gasteiger partial charge in [-0.3, -0.25) is 4.79 Å². The van der Waals surface area contributed by atoms with Crippen LogP contribution in [0.2, 0.25) is 0 Å². The van der Waals surface area contributed by atoms with E-state index in [0.717, 1.165) is 0 Å². The summed E-state index contributed by atoms with van der Waals surface area (Å²) < 4.78 is 5.02. The lowest BCUT2D eigenvalue weighted by molar-refractivity contribution is 0.0694. The van der Waals surface area contributed by atoms with Gasteiger partial charge in [0.2, 0.25) is 0 Å². The van der Waals surface area contributed by atoms with E-state index in [1.165, 1.54) is 6.07 Å². The Bertz CT molecular complexity index is 649. The maximum absolute atomic E-state index is 11.2. The molecule has 0 radical (unpaired) electrons. The number of nitrogens with zero attached hydrogens (tertiary/aromatic N) is 1. The van der Waals surface area contributed by atoms with Gasteiger partial charge in [0, 0.05) is 11.8 Å². The van der Waals surface area contributed by atoms with Gasteiger partial charge in [0.05, 0.1) is 7.11 Å². The minimum Gasteiger partial charge on any atom is -0.497 e. The summed E-state index contributed by atoms with van der Waals surface area (Å²) in [5, 5.41) is 17.5. The Labute approximate surface area is 107 Å². The number of hydrogen-bond donors (Lipinski definition) is 3. The molecule has 0 atom stereocenters. The van der Waals surface area contributed by atoms with E-state index in [0.29, 0.717) is 11.4 Å². The summed E-state index contributed by atoms with van der Waals surface area (Å²) in [6.07, 6.45) is 0. The highest BCUT2D eigenvalue weighted by molar-refractivity contribution is 5.88. The summed E-state index contributed by atoms with van der Waals surface area (Å²) >= 11 is 0. The average molecular weight is 261 g/mol. The zero-order chi connectivity index (χ0) is 13.8. The molecule has 2 aromatic rings. The highest BCUT2D eigenvalue weighted by Crippen LogP contribution is 2.18. The van der Waals surface area contributed by atoms with E-state index in [9.17, 15) is 9.59 Å². The summed E-state index contributed by atoms with van der Waals surface area (Å²) in [4.78, 5) is 22.0. The molecule has 0 amide bonds. The molecule has 0 spiro atoms. The van der Waals surface area contributed by atoms with Crippen molar-refractivity contribution in [3.63, 3.8) is 0 Å². The molecule has 0 aliphatic carbocycles. The largest absolute Gasteiger partial charge is 0.497 e. The number of hydrogen-bond acceptors (Lipinski definition) is 5. The highest BCUT2D eigenvalue weighted by Gasteiger charge is 2.10. The van der Waals surface area contributed by atoms with Gasteiger partial charge in [-0.1, -0.05) is 0 Å². The molecule has 3 N–H and O–H groups in total. The Hall–Kier alpha value is -2.83. The number of aromatic amines is 1. The average Bonchev–Trinajstić information content (AvgIpc) is 2.41. The standard InChI is InChI=1S/C12H11N3O4/c1-19-8-4-2-7(3-5-8)13-10-6-9(12(17)18)11(16)15-14-10/h2-6H,1H3,(H,13,14)(H,15,16)(H,17,18). The van der Waals surface area contributed by atoms with Crippen LogP contribution in [0.1, 0.15) is 10.4 Å². The molecule has 0 unspecified atom stereocenters. The molecule has 0 saturated carbocycles. The molecule has 0 saturated heterocycles. The number of aromatic carboxylic acids is 1. The third-order valence-corrected chi connectivity index (χ3v) is 2.40. The summed E-state index contributed by atoms with van der Waals surface area (Å²) in [6.45, 7) is 0. The van der Waals surface area contributed by atoms with Gasteiger partial charge in [-0.2, -0.15) is 5.10 Å². The number of nitrogens with one attached hydrogen (secondary N) is 2. The fourth-order valence-electron chi connectivity index (χ4n) is 1.45. The molecule has 1 heterocycles. The van der Waals surface area contributed by atoms with Gasteiger partial charge in [0.25, 0.3) is 5.56 Å². The van der Waals surface area contributed by atoms with Crippen LogP contribution in [0.15, 0.2) is 35.1 Å². The van der Waals surface area contributed by atoms with Gasteiger partial charge in [-0.05, 0) is 24.3 Å². The maximum Gasteiger partial charge on any atom is 0.341 e. The lowest BCUT2D eigenvalue weighted by atomic mass is 10.2. The fourth-order valence-corrected chi connectivity index (χ4v) is 1.45. The quantitative estimate of drug-likeness (QED) is 0.764. The fraction of sp³-hybridized carbons (Fsp3) is 0.0833. The van der Waals surface area contributed by atoms with Gasteiger partial charge in [-0.25, -0.2) is 9.89 Å². The van der Waals surface area contributed by atoms with Crippen LogP contribution >= 0.6 is 0 Å². The third kappa shape index (κ3) is 2.89. The molecule has 1 aromatic carbocycles. The Morgan fingerprint density at radius 3 is 2.63 bits per heavy atom. The first-order valence-electron chi connectivity index (χ1n) is 5.34. The number of aromatic nitrogens is 2. The van der Waals surface area contributed by atoms with Gasteiger partial charge in [0.1, 0.15) is 11.3 Å². The number of carbonyl (C=O) groups is 1. The zero-order valence-corrected chi connectivity index (χ0v) is 10.0. The Balaban J connectivity index is 2.25. The predicted octanol–water partition coefficient (Wildman–Crippen LogP) is 1.22. The molecule has 98 valence electrons. The van der Waals surface area contributed by atoms with E-state index in [2.05, 4.69) is 15.5 Å². The topological polar surface area (TPSA) is 104 Å². The van der Waals surface area contributed by atoms with Crippen LogP contribution in [0.5, 0.6) is 5.75 Å². The van der Waals surface area contributed by atoms with Crippen LogP contribution in [-0.4, -0.2) is 28.4 Å². The van der Waals surface area contributed by atoms with Crippen molar-refractivity contribution < 1.29 is 14.6 Å². The molecular formula is C12H11N3O4. The van der Waals surface area contributed by atoms with Crippen LogP contribution < -0.4 is 15.6 Å². The normalized spacial score (nSPS) is 9.95. The molecule has 19 heavy (non-hydrogen) atoms. The second-order valence-corrected chi connectivity index (χ2v) is 3.65. The van der Waals surface area contributed by atoms with Crippen LogP contribution in [0.3, 0.4) is 0 Å². The first-order chi connectivity index (χ1) is 9.10. The lowest BCUT2D eigenvalue weighted by Crippen LogP contribution is -2.19. The number of carboxylic acid groups (broad SMARTS) is 1. The van der Waals surface area contributed by atoms with Crippen molar-refractivity contribution in [1.29, 1.82) is 0 Å². The van der Waals surface area contributed by atoms with Gasteiger partial charge >= 0.3 is 5.97 Å². The van der Waals surface area contributed by atoms with Crippen molar-refractivity contribution in [2.75, 3.05) is 12.4 Å². The predicted molar refractivity (Wildman–Crippen MR) is 68.1 cm³/mol. The first-order valence-corrected chi connectivity index (χ1v) is 5.34. The van der Waals surface area contributed by atoms with Crippen molar-refractivity contribution in [2.24, 2.45) is 0 Å². The van der Waals surface area contributed by atoms with Gasteiger partial charge in [0.15, 0.2) is 5.82 Å². The van der Waals surface area contributed by atoms with Crippen molar-refractivity contribution in [2.45, 2.75) is 0 Å². The lowest BCUT2D eigenvalue weighted by Gasteiger charge is -2.06.